The van der Waals surface area contributed by atoms with Gasteiger partial charge in [0.25, 0.3) is 0 Å². The first kappa shape index (κ1) is 12.8. The zero-order valence-corrected chi connectivity index (χ0v) is 11.3. The second-order valence-corrected chi connectivity index (χ2v) is 8.06. The number of imidazole rings is 1. The average molecular weight is 246 g/mol. The summed E-state index contributed by atoms with van der Waals surface area (Å²) in [5.41, 5.74) is 0. The molecule has 0 unspecified atom stereocenters. The van der Waals surface area contributed by atoms with Crippen molar-refractivity contribution in [1.82, 2.24) is 9.97 Å². The van der Waals surface area contributed by atoms with Gasteiger partial charge in [-0.2, -0.15) is 0 Å². The molecule has 1 N–H and O–H groups in total. The van der Waals surface area contributed by atoms with Crippen molar-refractivity contribution in [1.29, 1.82) is 0 Å². The van der Waals surface area contributed by atoms with Crippen LogP contribution in [0.2, 0.25) is 12.6 Å². The summed E-state index contributed by atoms with van der Waals surface area (Å²) < 4.78 is 10.8. The van der Waals surface area contributed by atoms with Gasteiger partial charge in [-0.05, 0) is 19.0 Å². The lowest BCUT2D eigenvalue weighted by atomic mass is 10.6. The Morgan fingerprint density at radius 1 is 1.47 bits per heavy atom. The molecule has 0 aliphatic carbocycles. The minimum absolute atomic E-state index is 0.980. The highest BCUT2D eigenvalue weighted by Gasteiger charge is 2.27. The van der Waals surface area contributed by atoms with Crippen LogP contribution in [0.25, 0.3) is 0 Å². The molecule has 0 atom stereocenters. The second kappa shape index (κ2) is 6.32. The maximum absolute atomic E-state index is 5.41. The van der Waals surface area contributed by atoms with Crippen molar-refractivity contribution in [2.75, 3.05) is 20.0 Å². The van der Waals surface area contributed by atoms with Crippen molar-refractivity contribution in [3.63, 3.8) is 0 Å². The summed E-state index contributed by atoms with van der Waals surface area (Å²) in [5, 5.41) is 0.980. The summed E-state index contributed by atoms with van der Waals surface area (Å²) in [4.78, 5) is 7.21. The Balaban J connectivity index is 2.16. The Hall–Kier alpha value is -0.303. The summed E-state index contributed by atoms with van der Waals surface area (Å²) >= 11 is 1.73. The number of aromatic nitrogens is 2. The molecule has 1 heterocycles. The highest BCUT2D eigenvalue weighted by atomic mass is 32.2. The molecule has 4 nitrogen and oxygen atoms in total. The molecule has 0 bridgehead atoms. The predicted molar refractivity (Wildman–Crippen MR) is 64.4 cm³/mol. The molecule has 1 aromatic heterocycles. The topological polar surface area (TPSA) is 47.1 Å². The number of rotatable bonds is 7. The fraction of sp³-hybridized carbons (Fsp3) is 0.667. The van der Waals surface area contributed by atoms with Crippen LogP contribution in [-0.2, 0) is 8.85 Å². The Kier molecular flexibility index (Phi) is 5.38. The van der Waals surface area contributed by atoms with E-state index in [4.69, 9.17) is 8.85 Å². The lowest BCUT2D eigenvalue weighted by Crippen LogP contribution is -2.35. The molecule has 0 aliphatic rings. The van der Waals surface area contributed by atoms with Crippen LogP contribution in [0, 0.1) is 0 Å². The van der Waals surface area contributed by atoms with Crippen LogP contribution < -0.4 is 0 Å². The number of thioether (sulfide) groups is 1. The van der Waals surface area contributed by atoms with Crippen LogP contribution >= 0.6 is 11.8 Å². The van der Waals surface area contributed by atoms with Crippen LogP contribution in [0.3, 0.4) is 0 Å². The molecule has 0 amide bonds. The smallest absolute Gasteiger partial charge is 0.334 e. The van der Waals surface area contributed by atoms with E-state index in [0.29, 0.717) is 0 Å². The van der Waals surface area contributed by atoms with Crippen molar-refractivity contribution < 1.29 is 8.85 Å². The minimum Gasteiger partial charge on any atom is -0.398 e. The molecule has 0 saturated heterocycles. The van der Waals surface area contributed by atoms with E-state index in [2.05, 4.69) is 16.5 Å². The molecule has 0 saturated carbocycles. The quantitative estimate of drug-likeness (QED) is 0.455. The standard InChI is InChI=1S/C9H18N2O2SSi/c1-12-15(3,13-2)8-4-7-14-9-10-5-6-11-9/h5-6H,4,7-8H2,1-3H3,(H,10,11). The number of H-pyrrole nitrogens is 1. The number of nitrogens with zero attached hydrogens (tertiary/aromatic N) is 1. The SMILES string of the molecule is CO[Si](C)(CCCSc1ncc[nH]1)OC. The summed E-state index contributed by atoms with van der Waals surface area (Å²) in [6, 6.07) is 1.02. The molecular weight excluding hydrogens is 228 g/mol. The van der Waals surface area contributed by atoms with Gasteiger partial charge in [0.05, 0.1) is 0 Å². The highest BCUT2D eigenvalue weighted by molar-refractivity contribution is 7.99. The molecule has 86 valence electrons. The molecule has 15 heavy (non-hydrogen) atoms. The fourth-order valence-corrected chi connectivity index (χ4v) is 3.60. The van der Waals surface area contributed by atoms with Crippen molar-refractivity contribution in [3.05, 3.63) is 12.4 Å². The fourth-order valence-electron chi connectivity index (χ4n) is 1.18. The van der Waals surface area contributed by atoms with E-state index in [9.17, 15) is 0 Å². The van der Waals surface area contributed by atoms with Crippen molar-refractivity contribution >= 4 is 20.3 Å². The van der Waals surface area contributed by atoms with Crippen LogP contribution in [0.5, 0.6) is 0 Å². The van der Waals surface area contributed by atoms with Crippen LogP contribution in [-0.4, -0.2) is 38.5 Å². The second-order valence-electron chi connectivity index (χ2n) is 3.39. The summed E-state index contributed by atoms with van der Waals surface area (Å²) in [6.07, 6.45) is 4.70. The summed E-state index contributed by atoms with van der Waals surface area (Å²) in [5.74, 6) is 1.04. The molecule has 0 spiro atoms. The van der Waals surface area contributed by atoms with Gasteiger partial charge in [0.15, 0.2) is 5.16 Å². The lowest BCUT2D eigenvalue weighted by Gasteiger charge is -2.22. The zero-order valence-electron chi connectivity index (χ0n) is 9.45. The molecule has 0 aliphatic heterocycles. The lowest BCUT2D eigenvalue weighted by molar-refractivity contribution is 0.249. The third kappa shape index (κ3) is 4.37. The summed E-state index contributed by atoms with van der Waals surface area (Å²) in [7, 11) is 1.60. The monoisotopic (exact) mass is 246 g/mol. The van der Waals surface area contributed by atoms with Crippen LogP contribution in [0.4, 0.5) is 0 Å². The van der Waals surface area contributed by atoms with E-state index in [1.54, 1.807) is 32.2 Å². The van der Waals surface area contributed by atoms with Gasteiger partial charge in [0, 0.05) is 32.4 Å². The van der Waals surface area contributed by atoms with Gasteiger partial charge in [-0.3, -0.25) is 0 Å². The predicted octanol–water partition coefficient (Wildman–Crippen LogP) is 2.26. The van der Waals surface area contributed by atoms with E-state index >= 15 is 0 Å². The van der Waals surface area contributed by atoms with Crippen molar-refractivity contribution in [3.8, 4) is 0 Å². The molecule has 1 rings (SSSR count). The van der Waals surface area contributed by atoms with Crippen molar-refractivity contribution in [2.45, 2.75) is 24.2 Å². The van der Waals surface area contributed by atoms with E-state index in [0.717, 1.165) is 23.4 Å². The Morgan fingerprint density at radius 3 is 2.73 bits per heavy atom. The largest absolute Gasteiger partial charge is 0.398 e. The van der Waals surface area contributed by atoms with Crippen LogP contribution in [0.1, 0.15) is 6.42 Å². The number of hydrogen-bond donors (Lipinski definition) is 1. The Labute approximate surface area is 96.0 Å². The maximum atomic E-state index is 5.41. The van der Waals surface area contributed by atoms with Crippen LogP contribution in [0.15, 0.2) is 17.6 Å². The Morgan fingerprint density at radius 2 is 2.20 bits per heavy atom. The molecule has 0 aromatic carbocycles. The molecule has 6 heteroatoms. The highest BCUT2D eigenvalue weighted by Crippen LogP contribution is 2.19. The average Bonchev–Trinajstić information content (AvgIpc) is 2.77. The normalized spacial score (nSPS) is 11.9. The number of hydrogen-bond acceptors (Lipinski definition) is 4. The summed E-state index contributed by atoms with van der Waals surface area (Å²) in [6.45, 7) is 2.09. The first-order chi connectivity index (χ1) is 7.20. The molecule has 1 aromatic rings. The first-order valence-corrected chi connectivity index (χ1v) is 8.43. The number of nitrogens with one attached hydrogen (secondary N) is 1. The van der Waals surface area contributed by atoms with E-state index in [1.165, 1.54) is 0 Å². The third-order valence-electron chi connectivity index (χ3n) is 2.35. The van der Waals surface area contributed by atoms with Gasteiger partial charge >= 0.3 is 8.56 Å². The van der Waals surface area contributed by atoms with E-state index < -0.39 is 8.56 Å². The Bertz CT molecular complexity index is 265. The zero-order chi connectivity index (χ0) is 11.1. The van der Waals surface area contributed by atoms with Gasteiger partial charge < -0.3 is 13.8 Å². The van der Waals surface area contributed by atoms with Gasteiger partial charge in [0.2, 0.25) is 0 Å². The van der Waals surface area contributed by atoms with Gasteiger partial charge in [-0.15, -0.1) is 0 Å². The van der Waals surface area contributed by atoms with E-state index in [-0.39, 0.29) is 0 Å². The molecular formula is C9H18N2O2SSi. The minimum atomic E-state index is -1.86. The number of aromatic amines is 1. The van der Waals surface area contributed by atoms with Crippen molar-refractivity contribution in [2.24, 2.45) is 0 Å². The van der Waals surface area contributed by atoms with Gasteiger partial charge in [-0.1, -0.05) is 11.8 Å². The third-order valence-corrected chi connectivity index (χ3v) is 6.33. The molecule has 0 radical (unpaired) electrons. The first-order valence-electron chi connectivity index (χ1n) is 4.92. The van der Waals surface area contributed by atoms with Gasteiger partial charge in [-0.25, -0.2) is 4.98 Å². The van der Waals surface area contributed by atoms with E-state index in [1.807, 2.05) is 6.20 Å². The maximum Gasteiger partial charge on any atom is 0.334 e. The molecule has 0 fully saturated rings. The van der Waals surface area contributed by atoms with Gasteiger partial charge in [0.1, 0.15) is 0 Å².